The Balaban J connectivity index is 0.00000306. The van der Waals surface area contributed by atoms with Crippen molar-refractivity contribution in [2.45, 2.75) is 31.8 Å². The lowest BCUT2D eigenvalue weighted by atomic mass is 9.89. The highest BCUT2D eigenvalue weighted by Crippen LogP contribution is 2.23. The Morgan fingerprint density at radius 2 is 1.82 bits per heavy atom. The molecule has 3 heterocycles. The quantitative estimate of drug-likeness (QED) is 0.613. The van der Waals surface area contributed by atoms with Crippen LogP contribution in [0.2, 0.25) is 0 Å². The number of piperazine rings is 1. The van der Waals surface area contributed by atoms with E-state index in [1.807, 2.05) is 23.1 Å². The van der Waals surface area contributed by atoms with E-state index < -0.39 is 0 Å². The first kappa shape index (κ1) is 26.0. The van der Waals surface area contributed by atoms with Crippen molar-refractivity contribution in [3.05, 3.63) is 52.2 Å². The van der Waals surface area contributed by atoms with E-state index in [0.717, 1.165) is 77.4 Å². The molecule has 2 aliphatic heterocycles. The van der Waals surface area contributed by atoms with Gasteiger partial charge in [-0.3, -0.25) is 9.69 Å². The second-order valence-electron chi connectivity index (χ2n) is 9.00. The fourth-order valence-electron chi connectivity index (χ4n) is 4.87. The highest BCUT2D eigenvalue weighted by molar-refractivity contribution is 7.07. The molecule has 2 aliphatic rings. The molecule has 2 aromatic rings. The standard InChI is InChI=1S/C25H36N4O2S.ClH/c1-31-23-5-3-2-4-22(23)18-28-13-15-29(16-14-28)25(30)24(26)21-7-11-27(12-8-21)10-6-20-9-17-32-19-20;/h2-5,9,17,19,21,24H,6-8,10-16,18,26H2,1H3;1H. The summed E-state index contributed by atoms with van der Waals surface area (Å²) < 4.78 is 5.48. The molecule has 2 fully saturated rings. The van der Waals surface area contributed by atoms with E-state index in [9.17, 15) is 4.79 Å². The maximum atomic E-state index is 13.1. The predicted molar refractivity (Wildman–Crippen MR) is 137 cm³/mol. The van der Waals surface area contributed by atoms with Crippen molar-refractivity contribution in [3.63, 3.8) is 0 Å². The molecular formula is C25H37ClN4O2S. The van der Waals surface area contributed by atoms with Gasteiger partial charge in [-0.15, -0.1) is 12.4 Å². The molecule has 0 aliphatic carbocycles. The van der Waals surface area contributed by atoms with E-state index in [2.05, 4.69) is 32.7 Å². The molecule has 2 N–H and O–H groups in total. The lowest BCUT2D eigenvalue weighted by molar-refractivity contribution is -0.136. The van der Waals surface area contributed by atoms with E-state index in [1.165, 1.54) is 11.1 Å². The van der Waals surface area contributed by atoms with Crippen molar-refractivity contribution in [2.75, 3.05) is 52.9 Å². The third-order valence-electron chi connectivity index (χ3n) is 6.99. The van der Waals surface area contributed by atoms with Crippen LogP contribution in [0.25, 0.3) is 0 Å². The molecular weight excluding hydrogens is 456 g/mol. The van der Waals surface area contributed by atoms with Crippen LogP contribution in [-0.2, 0) is 17.8 Å². The molecule has 1 amide bonds. The number of nitrogens with two attached hydrogens (primary N) is 1. The number of piperidine rings is 1. The molecule has 0 saturated carbocycles. The largest absolute Gasteiger partial charge is 0.496 e. The van der Waals surface area contributed by atoms with Crippen molar-refractivity contribution in [2.24, 2.45) is 11.7 Å². The summed E-state index contributed by atoms with van der Waals surface area (Å²) >= 11 is 1.76. The molecule has 0 bridgehead atoms. The van der Waals surface area contributed by atoms with Crippen LogP contribution in [0.3, 0.4) is 0 Å². The van der Waals surface area contributed by atoms with Gasteiger partial charge in [-0.05, 0) is 66.7 Å². The van der Waals surface area contributed by atoms with E-state index in [0.29, 0.717) is 5.92 Å². The van der Waals surface area contributed by atoms with Crippen molar-refractivity contribution in [3.8, 4) is 5.75 Å². The van der Waals surface area contributed by atoms with E-state index in [4.69, 9.17) is 10.5 Å². The first-order valence-corrected chi connectivity index (χ1v) is 12.7. The van der Waals surface area contributed by atoms with Crippen molar-refractivity contribution in [1.82, 2.24) is 14.7 Å². The summed E-state index contributed by atoms with van der Waals surface area (Å²) in [5.41, 5.74) is 9.09. The van der Waals surface area contributed by atoms with Crippen LogP contribution in [-0.4, -0.2) is 79.6 Å². The summed E-state index contributed by atoms with van der Waals surface area (Å²) in [6.07, 6.45) is 3.15. The van der Waals surface area contributed by atoms with Crippen LogP contribution < -0.4 is 10.5 Å². The number of thiophene rings is 1. The Morgan fingerprint density at radius 1 is 1.09 bits per heavy atom. The van der Waals surface area contributed by atoms with Gasteiger partial charge >= 0.3 is 0 Å². The molecule has 1 atom stereocenters. The minimum atomic E-state index is -0.366. The van der Waals surface area contributed by atoms with E-state index in [-0.39, 0.29) is 24.4 Å². The van der Waals surface area contributed by atoms with Gasteiger partial charge in [0.05, 0.1) is 13.2 Å². The molecule has 182 valence electrons. The van der Waals surface area contributed by atoms with Gasteiger partial charge in [0, 0.05) is 44.8 Å². The predicted octanol–water partition coefficient (Wildman–Crippen LogP) is 3.10. The van der Waals surface area contributed by atoms with Crippen LogP contribution in [0.15, 0.2) is 41.1 Å². The average molecular weight is 493 g/mol. The van der Waals surface area contributed by atoms with Crippen molar-refractivity contribution in [1.29, 1.82) is 0 Å². The zero-order valence-corrected chi connectivity index (χ0v) is 21.2. The van der Waals surface area contributed by atoms with Crippen LogP contribution >= 0.6 is 23.7 Å². The summed E-state index contributed by atoms with van der Waals surface area (Å²) in [4.78, 5) is 20.0. The number of carbonyl (C=O) groups is 1. The molecule has 1 aromatic carbocycles. The van der Waals surface area contributed by atoms with Crippen molar-refractivity contribution >= 4 is 29.7 Å². The minimum Gasteiger partial charge on any atom is -0.496 e. The summed E-state index contributed by atoms with van der Waals surface area (Å²) in [5.74, 6) is 1.36. The van der Waals surface area contributed by atoms with Gasteiger partial charge in [0.25, 0.3) is 0 Å². The topological polar surface area (TPSA) is 62.0 Å². The highest BCUT2D eigenvalue weighted by atomic mass is 35.5. The summed E-state index contributed by atoms with van der Waals surface area (Å²) in [6, 6.07) is 10.00. The average Bonchev–Trinajstić information content (AvgIpc) is 3.37. The molecule has 33 heavy (non-hydrogen) atoms. The van der Waals surface area contributed by atoms with E-state index in [1.54, 1.807) is 18.4 Å². The zero-order valence-electron chi connectivity index (χ0n) is 19.5. The third-order valence-corrected chi connectivity index (χ3v) is 7.72. The minimum absolute atomic E-state index is 0. The molecule has 1 aromatic heterocycles. The fraction of sp³-hybridized carbons (Fsp3) is 0.560. The monoisotopic (exact) mass is 492 g/mol. The number of nitrogens with zero attached hydrogens (tertiary/aromatic N) is 3. The zero-order chi connectivity index (χ0) is 22.3. The summed E-state index contributed by atoms with van der Waals surface area (Å²) in [6.45, 7) is 7.28. The van der Waals surface area contributed by atoms with Gasteiger partial charge in [-0.25, -0.2) is 0 Å². The Labute approximate surface area is 208 Å². The van der Waals surface area contributed by atoms with Crippen LogP contribution in [0.1, 0.15) is 24.0 Å². The van der Waals surface area contributed by atoms with Gasteiger partial charge in [-0.2, -0.15) is 11.3 Å². The number of amides is 1. The number of hydrogen-bond donors (Lipinski definition) is 1. The SMILES string of the molecule is COc1ccccc1CN1CCN(C(=O)C(N)C2CCN(CCc3ccsc3)CC2)CC1.Cl. The maximum Gasteiger partial charge on any atom is 0.239 e. The third kappa shape index (κ3) is 6.93. The molecule has 6 nitrogen and oxygen atoms in total. The number of benzene rings is 1. The van der Waals surface area contributed by atoms with Gasteiger partial charge in [-0.1, -0.05) is 18.2 Å². The molecule has 0 spiro atoms. The summed E-state index contributed by atoms with van der Waals surface area (Å²) in [5, 5.41) is 4.38. The Hall–Kier alpha value is -1.64. The number of likely N-dealkylation sites (tertiary alicyclic amines) is 1. The molecule has 0 radical (unpaired) electrons. The Bertz CT molecular complexity index is 850. The van der Waals surface area contributed by atoms with E-state index >= 15 is 0 Å². The summed E-state index contributed by atoms with van der Waals surface area (Å²) in [7, 11) is 1.71. The lowest BCUT2D eigenvalue weighted by Gasteiger charge is -2.39. The molecule has 1 unspecified atom stereocenters. The highest BCUT2D eigenvalue weighted by Gasteiger charge is 2.32. The number of ether oxygens (including phenoxy) is 1. The van der Waals surface area contributed by atoms with Crippen LogP contribution in [0, 0.1) is 5.92 Å². The van der Waals surface area contributed by atoms with Gasteiger partial charge in [0.1, 0.15) is 5.75 Å². The fourth-order valence-corrected chi connectivity index (χ4v) is 5.57. The van der Waals surface area contributed by atoms with Gasteiger partial charge < -0.3 is 20.3 Å². The lowest BCUT2D eigenvalue weighted by Crippen LogP contribution is -2.55. The van der Waals surface area contributed by atoms with Crippen LogP contribution in [0.4, 0.5) is 0 Å². The number of hydrogen-bond acceptors (Lipinski definition) is 6. The molecule has 4 rings (SSSR count). The van der Waals surface area contributed by atoms with Crippen LogP contribution in [0.5, 0.6) is 5.75 Å². The van der Waals surface area contributed by atoms with Crippen molar-refractivity contribution < 1.29 is 9.53 Å². The first-order valence-electron chi connectivity index (χ1n) is 11.8. The maximum absolute atomic E-state index is 13.1. The second kappa shape index (κ2) is 12.7. The molecule has 2 saturated heterocycles. The molecule has 8 heteroatoms. The second-order valence-corrected chi connectivity index (χ2v) is 9.78. The number of halogens is 1. The number of methoxy groups -OCH3 is 1. The first-order chi connectivity index (χ1) is 15.6. The number of rotatable bonds is 8. The normalized spacial score (nSPS) is 19.2. The number of carbonyl (C=O) groups excluding carboxylic acids is 1. The van der Waals surface area contributed by atoms with Gasteiger partial charge in [0.15, 0.2) is 0 Å². The Morgan fingerprint density at radius 3 is 2.48 bits per heavy atom. The smallest absolute Gasteiger partial charge is 0.239 e. The Kier molecular flexibility index (Phi) is 10.0. The van der Waals surface area contributed by atoms with Gasteiger partial charge in [0.2, 0.25) is 5.91 Å². The number of para-hydroxylation sites is 1.